The third-order valence-corrected chi connectivity index (χ3v) is 4.05. The molecule has 3 heterocycles. The lowest BCUT2D eigenvalue weighted by Gasteiger charge is -2.06. The number of hydrogen-bond acceptors (Lipinski definition) is 4. The number of nitrogens with zero attached hydrogens (tertiary/aromatic N) is 4. The molecule has 0 radical (unpaired) electrons. The van der Waals surface area contributed by atoms with Gasteiger partial charge in [0, 0.05) is 16.6 Å². The fourth-order valence-electron chi connectivity index (χ4n) is 2.85. The molecule has 3 aromatic heterocycles. The number of carbonyl (C=O) groups is 1. The van der Waals surface area contributed by atoms with Crippen molar-refractivity contribution in [2.45, 2.75) is 13.3 Å². The van der Waals surface area contributed by atoms with Crippen molar-refractivity contribution in [3.63, 3.8) is 0 Å². The van der Waals surface area contributed by atoms with Crippen LogP contribution in [-0.2, 0) is 11.2 Å². The van der Waals surface area contributed by atoms with E-state index in [1.807, 2.05) is 31.2 Å². The average molecular weight is 332 g/mol. The van der Waals surface area contributed by atoms with E-state index in [0.29, 0.717) is 17.9 Å². The van der Waals surface area contributed by atoms with E-state index in [0.717, 1.165) is 22.2 Å². The smallest absolute Gasteiger partial charge is 0.228 e. The number of nitrogens with one attached hydrogen (secondary N) is 2. The average Bonchev–Trinajstić information content (AvgIpc) is 3.25. The van der Waals surface area contributed by atoms with Gasteiger partial charge in [-0.25, -0.2) is 14.6 Å². The number of amides is 1. The van der Waals surface area contributed by atoms with Crippen LogP contribution in [0.5, 0.6) is 0 Å². The zero-order valence-electron chi connectivity index (χ0n) is 13.6. The largest absolute Gasteiger partial charge is 0.358 e. The van der Waals surface area contributed by atoms with Crippen LogP contribution in [0, 0.1) is 6.92 Å². The predicted molar refractivity (Wildman–Crippen MR) is 94.5 cm³/mol. The van der Waals surface area contributed by atoms with E-state index in [-0.39, 0.29) is 5.91 Å². The molecule has 124 valence electrons. The molecule has 4 aromatic rings. The number of pyridine rings is 1. The molecule has 0 fully saturated rings. The highest BCUT2D eigenvalue weighted by molar-refractivity contribution is 5.96. The van der Waals surface area contributed by atoms with Crippen LogP contribution in [0.2, 0.25) is 0 Å². The third kappa shape index (κ3) is 2.99. The van der Waals surface area contributed by atoms with Gasteiger partial charge in [0.2, 0.25) is 5.91 Å². The van der Waals surface area contributed by atoms with Crippen LogP contribution < -0.4 is 5.32 Å². The van der Waals surface area contributed by atoms with Gasteiger partial charge in [-0.1, -0.05) is 18.2 Å². The first kappa shape index (κ1) is 15.1. The fraction of sp³-hybridized carbons (Fsp3) is 0.111. The van der Waals surface area contributed by atoms with Crippen molar-refractivity contribution in [3.05, 3.63) is 66.5 Å². The van der Waals surface area contributed by atoms with Crippen LogP contribution >= 0.6 is 0 Å². The number of carbonyl (C=O) groups excluding carboxylic acids is 1. The van der Waals surface area contributed by atoms with Crippen LogP contribution in [0.25, 0.3) is 16.7 Å². The quantitative estimate of drug-likeness (QED) is 0.601. The van der Waals surface area contributed by atoms with Crippen molar-refractivity contribution in [1.29, 1.82) is 0 Å². The second kappa shape index (κ2) is 6.20. The van der Waals surface area contributed by atoms with Gasteiger partial charge in [-0.15, -0.1) is 0 Å². The van der Waals surface area contributed by atoms with Gasteiger partial charge >= 0.3 is 0 Å². The molecule has 2 N–H and O–H groups in total. The van der Waals surface area contributed by atoms with Crippen LogP contribution in [0.3, 0.4) is 0 Å². The molecule has 0 aliphatic carbocycles. The minimum atomic E-state index is -0.0804. The molecule has 0 bridgehead atoms. The van der Waals surface area contributed by atoms with Crippen molar-refractivity contribution >= 4 is 22.5 Å². The minimum absolute atomic E-state index is 0.0804. The molecular formula is C18H16N6O. The molecule has 0 unspecified atom stereocenters. The Morgan fingerprint density at radius 1 is 1.24 bits per heavy atom. The molecule has 1 amide bonds. The number of rotatable bonds is 4. The first-order valence-corrected chi connectivity index (χ1v) is 7.88. The van der Waals surface area contributed by atoms with Crippen LogP contribution in [0.4, 0.5) is 5.69 Å². The summed E-state index contributed by atoms with van der Waals surface area (Å²) in [6.45, 7) is 1.98. The van der Waals surface area contributed by atoms with Gasteiger partial charge in [0.1, 0.15) is 12.7 Å². The normalized spacial score (nSPS) is 10.9. The standard InChI is InChI=1S/C18H16N6O/c1-12-15(14-4-2-3-5-16(14)22-12)8-18(25)23-13-6-7-17(20-9-13)24-11-19-10-21-24/h2-7,9-11,22H,8H2,1H3,(H,23,25). The number of fused-ring (bicyclic) bond motifs is 1. The Labute approximate surface area is 143 Å². The Bertz CT molecular complexity index is 1020. The summed E-state index contributed by atoms with van der Waals surface area (Å²) in [7, 11) is 0. The lowest BCUT2D eigenvalue weighted by atomic mass is 10.1. The Balaban J connectivity index is 1.49. The maximum atomic E-state index is 12.4. The predicted octanol–water partition coefficient (Wildman–Crippen LogP) is 2.63. The molecular weight excluding hydrogens is 316 g/mol. The summed E-state index contributed by atoms with van der Waals surface area (Å²) in [5.74, 6) is 0.561. The number of anilines is 1. The molecule has 0 atom stereocenters. The molecule has 0 saturated carbocycles. The zero-order valence-corrected chi connectivity index (χ0v) is 13.6. The number of para-hydroxylation sites is 1. The van der Waals surface area contributed by atoms with E-state index in [9.17, 15) is 4.79 Å². The van der Waals surface area contributed by atoms with Gasteiger partial charge in [0.15, 0.2) is 5.82 Å². The van der Waals surface area contributed by atoms with E-state index in [1.165, 1.54) is 6.33 Å². The maximum absolute atomic E-state index is 12.4. The Hall–Kier alpha value is -3.48. The highest BCUT2D eigenvalue weighted by Crippen LogP contribution is 2.22. The summed E-state index contributed by atoms with van der Waals surface area (Å²) in [4.78, 5) is 23.9. The zero-order chi connectivity index (χ0) is 17.2. The number of H-pyrrole nitrogens is 1. The number of benzene rings is 1. The Kier molecular flexibility index (Phi) is 3.74. The second-order valence-corrected chi connectivity index (χ2v) is 5.74. The second-order valence-electron chi connectivity index (χ2n) is 5.74. The van der Waals surface area contributed by atoms with Crippen molar-refractivity contribution in [2.24, 2.45) is 0 Å². The molecule has 1 aromatic carbocycles. The van der Waals surface area contributed by atoms with Gasteiger partial charge in [-0.05, 0) is 30.7 Å². The van der Waals surface area contributed by atoms with Crippen molar-refractivity contribution in [2.75, 3.05) is 5.32 Å². The van der Waals surface area contributed by atoms with E-state index in [2.05, 4.69) is 25.4 Å². The number of hydrogen-bond donors (Lipinski definition) is 2. The summed E-state index contributed by atoms with van der Waals surface area (Å²) in [5.41, 5.74) is 3.71. The third-order valence-electron chi connectivity index (χ3n) is 4.05. The van der Waals surface area contributed by atoms with Crippen molar-refractivity contribution < 1.29 is 4.79 Å². The van der Waals surface area contributed by atoms with Gasteiger partial charge in [0.05, 0.1) is 18.3 Å². The van der Waals surface area contributed by atoms with Crippen LogP contribution in [-0.4, -0.2) is 30.6 Å². The van der Waals surface area contributed by atoms with Gasteiger partial charge < -0.3 is 10.3 Å². The van der Waals surface area contributed by atoms with Gasteiger partial charge in [-0.2, -0.15) is 5.10 Å². The number of aryl methyl sites for hydroxylation is 1. The molecule has 0 spiro atoms. The first-order chi connectivity index (χ1) is 12.2. The van der Waals surface area contributed by atoms with Gasteiger partial charge in [0.25, 0.3) is 0 Å². The summed E-state index contributed by atoms with van der Waals surface area (Å²) in [6, 6.07) is 11.6. The number of aromatic nitrogens is 5. The topological polar surface area (TPSA) is 88.5 Å². The highest BCUT2D eigenvalue weighted by atomic mass is 16.1. The maximum Gasteiger partial charge on any atom is 0.228 e. The van der Waals surface area contributed by atoms with E-state index >= 15 is 0 Å². The molecule has 0 aliphatic rings. The molecule has 0 aliphatic heterocycles. The molecule has 7 heteroatoms. The molecule has 4 rings (SSSR count). The summed E-state index contributed by atoms with van der Waals surface area (Å²) < 4.78 is 1.56. The molecule has 25 heavy (non-hydrogen) atoms. The summed E-state index contributed by atoms with van der Waals surface area (Å²) in [5, 5.41) is 7.98. The Morgan fingerprint density at radius 3 is 2.88 bits per heavy atom. The lowest BCUT2D eigenvalue weighted by Crippen LogP contribution is -2.15. The monoisotopic (exact) mass is 332 g/mol. The van der Waals surface area contributed by atoms with Crippen molar-refractivity contribution in [1.82, 2.24) is 24.7 Å². The summed E-state index contributed by atoms with van der Waals surface area (Å²) >= 11 is 0. The molecule has 0 saturated heterocycles. The van der Waals surface area contributed by atoms with Crippen LogP contribution in [0.15, 0.2) is 55.2 Å². The van der Waals surface area contributed by atoms with E-state index < -0.39 is 0 Å². The van der Waals surface area contributed by atoms with E-state index in [1.54, 1.807) is 29.3 Å². The number of aromatic amines is 1. The van der Waals surface area contributed by atoms with Gasteiger partial charge in [-0.3, -0.25) is 4.79 Å². The summed E-state index contributed by atoms with van der Waals surface area (Å²) in [6.07, 6.45) is 4.93. The highest BCUT2D eigenvalue weighted by Gasteiger charge is 2.12. The lowest BCUT2D eigenvalue weighted by molar-refractivity contribution is -0.115. The first-order valence-electron chi connectivity index (χ1n) is 7.88. The Morgan fingerprint density at radius 2 is 2.12 bits per heavy atom. The minimum Gasteiger partial charge on any atom is -0.358 e. The molecule has 7 nitrogen and oxygen atoms in total. The van der Waals surface area contributed by atoms with E-state index in [4.69, 9.17) is 0 Å². The van der Waals surface area contributed by atoms with Crippen LogP contribution in [0.1, 0.15) is 11.3 Å². The van der Waals surface area contributed by atoms with Crippen molar-refractivity contribution in [3.8, 4) is 5.82 Å². The fourth-order valence-corrected chi connectivity index (χ4v) is 2.85. The SMILES string of the molecule is Cc1[nH]c2ccccc2c1CC(=O)Nc1ccc(-n2cncn2)nc1.